The number of fused-ring (bicyclic) bond motifs is 7. The maximum atomic E-state index is 14.6. The van der Waals surface area contributed by atoms with Gasteiger partial charge in [-0.1, -0.05) is 71.6 Å². The minimum atomic E-state index is -0.876. The Morgan fingerprint density at radius 3 is 2.27 bits per heavy atom. The lowest BCUT2D eigenvalue weighted by Crippen LogP contribution is -2.66. The van der Waals surface area contributed by atoms with E-state index in [0.29, 0.717) is 47.6 Å². The van der Waals surface area contributed by atoms with Crippen LogP contribution in [-0.4, -0.2) is 61.3 Å². The number of aromatic carboxylic acids is 1. The molecular formula is C45H64N2O4. The lowest BCUT2D eigenvalue weighted by atomic mass is 9.32. The number of carbonyl (C=O) groups excluding carboxylic acids is 1. The van der Waals surface area contributed by atoms with Gasteiger partial charge in [0.05, 0.1) is 24.2 Å². The normalized spacial score (nSPS) is 40.1. The summed E-state index contributed by atoms with van der Waals surface area (Å²) < 4.78 is 5.55. The van der Waals surface area contributed by atoms with Crippen molar-refractivity contribution in [3.63, 3.8) is 0 Å². The van der Waals surface area contributed by atoms with E-state index < -0.39 is 5.97 Å². The number of carboxylic acid groups (broad SMARTS) is 1. The zero-order valence-electron chi connectivity index (χ0n) is 32.4. The van der Waals surface area contributed by atoms with Crippen molar-refractivity contribution >= 4 is 17.4 Å². The molecule has 5 aliphatic carbocycles. The van der Waals surface area contributed by atoms with Gasteiger partial charge in [0.2, 0.25) is 5.91 Å². The summed E-state index contributed by atoms with van der Waals surface area (Å²) >= 11 is 0. The van der Waals surface area contributed by atoms with E-state index in [1.165, 1.54) is 36.8 Å². The summed E-state index contributed by atoms with van der Waals surface area (Å²) in [5.74, 6) is 1.67. The lowest BCUT2D eigenvalue weighted by molar-refractivity contribution is -0.225. The van der Waals surface area contributed by atoms with Crippen molar-refractivity contribution in [2.45, 2.75) is 99.3 Å². The van der Waals surface area contributed by atoms with Crippen LogP contribution >= 0.6 is 0 Å². The fourth-order valence-corrected chi connectivity index (χ4v) is 13.9. The summed E-state index contributed by atoms with van der Waals surface area (Å²) in [6.07, 6.45) is 12.5. The first-order valence-corrected chi connectivity index (χ1v) is 20.1. The first-order valence-electron chi connectivity index (χ1n) is 20.1. The number of hydrogen-bond donors (Lipinski definition) is 2. The van der Waals surface area contributed by atoms with Crippen LogP contribution < -0.4 is 5.32 Å². The van der Waals surface area contributed by atoms with Crippen LogP contribution in [0.15, 0.2) is 54.6 Å². The molecule has 1 heterocycles. The fourth-order valence-electron chi connectivity index (χ4n) is 13.9. The van der Waals surface area contributed by atoms with Crippen LogP contribution in [0, 0.1) is 56.7 Å². The number of rotatable bonds is 8. The Labute approximate surface area is 307 Å². The molecule has 1 aliphatic heterocycles. The molecule has 2 N–H and O–H groups in total. The smallest absolute Gasteiger partial charge is 0.335 e. The fraction of sp³-hybridized carbons (Fsp3) is 0.689. The van der Waals surface area contributed by atoms with Crippen LogP contribution in [0.4, 0.5) is 0 Å². The number of nitrogens with one attached hydrogen (secondary N) is 1. The third kappa shape index (κ3) is 5.55. The molecule has 1 amide bonds. The Morgan fingerprint density at radius 2 is 1.61 bits per heavy atom. The van der Waals surface area contributed by atoms with Crippen molar-refractivity contribution in [1.82, 2.24) is 10.2 Å². The van der Waals surface area contributed by atoms with Gasteiger partial charge in [-0.3, -0.25) is 9.69 Å². The molecule has 4 saturated carbocycles. The zero-order chi connectivity index (χ0) is 36.6. The molecule has 1 saturated heterocycles. The second-order valence-corrected chi connectivity index (χ2v) is 18.9. The lowest BCUT2D eigenvalue weighted by Gasteiger charge is -2.72. The number of allylic oxidation sites excluding steroid dienone is 4. The predicted octanol–water partition coefficient (Wildman–Crippen LogP) is 9.04. The molecule has 0 spiro atoms. The Balaban J connectivity index is 1.18. The Bertz CT molecular complexity index is 1600. The summed E-state index contributed by atoms with van der Waals surface area (Å²) in [5.41, 5.74) is 5.29. The first-order chi connectivity index (χ1) is 24.1. The second kappa shape index (κ2) is 13.0. The molecule has 0 aromatic heterocycles. The van der Waals surface area contributed by atoms with Gasteiger partial charge in [0.1, 0.15) is 0 Å². The average Bonchev–Trinajstić information content (AvgIpc) is 3.49. The first kappa shape index (κ1) is 36.6. The van der Waals surface area contributed by atoms with Crippen molar-refractivity contribution in [3.05, 3.63) is 65.8 Å². The summed E-state index contributed by atoms with van der Waals surface area (Å²) in [6, 6.07) is 7.55. The van der Waals surface area contributed by atoms with Gasteiger partial charge in [0.15, 0.2) is 0 Å². The molecule has 9 atom stereocenters. The molecule has 51 heavy (non-hydrogen) atoms. The van der Waals surface area contributed by atoms with E-state index in [4.69, 9.17) is 4.74 Å². The highest BCUT2D eigenvalue weighted by atomic mass is 16.5. The van der Waals surface area contributed by atoms with Gasteiger partial charge in [-0.2, -0.15) is 0 Å². The third-order valence-electron chi connectivity index (χ3n) is 16.7. The van der Waals surface area contributed by atoms with E-state index in [9.17, 15) is 14.7 Å². The summed E-state index contributed by atoms with van der Waals surface area (Å²) in [4.78, 5) is 28.6. The van der Waals surface area contributed by atoms with E-state index in [-0.39, 0.29) is 27.1 Å². The van der Waals surface area contributed by atoms with Crippen molar-refractivity contribution in [3.8, 4) is 0 Å². The van der Waals surface area contributed by atoms with Gasteiger partial charge in [-0.05, 0) is 145 Å². The van der Waals surface area contributed by atoms with Crippen LogP contribution in [0.2, 0.25) is 0 Å². The summed E-state index contributed by atoms with van der Waals surface area (Å²) in [6.45, 7) is 29.0. The van der Waals surface area contributed by atoms with Crippen molar-refractivity contribution in [1.29, 1.82) is 0 Å². The van der Waals surface area contributed by atoms with Gasteiger partial charge in [-0.25, -0.2) is 4.79 Å². The van der Waals surface area contributed by atoms with Gasteiger partial charge in [0, 0.05) is 26.2 Å². The number of carbonyl (C=O) groups is 2. The van der Waals surface area contributed by atoms with Gasteiger partial charge < -0.3 is 15.2 Å². The molecule has 6 nitrogen and oxygen atoms in total. The van der Waals surface area contributed by atoms with Gasteiger partial charge in [0.25, 0.3) is 0 Å². The number of ether oxygens (including phenoxy) is 1. The Morgan fingerprint density at radius 1 is 0.902 bits per heavy atom. The number of hydrogen-bond acceptors (Lipinski definition) is 4. The molecule has 5 fully saturated rings. The SMILES string of the molecule is C=C(C)C(=C)[C@@H]1CC[C@]2(C(=O)NCCN3CCOCC3)CC[C@]3(C)[C@H](CC[C@@H]4[C@@]5(C)CC=C(c6ccc(C(=O)O)cc6)C(C)(C)[C@@H]5CC[C@]43C)[C@@H]12. The predicted molar refractivity (Wildman–Crippen MR) is 205 cm³/mol. The topological polar surface area (TPSA) is 78.9 Å². The van der Waals surface area contributed by atoms with Crippen LogP contribution in [-0.2, 0) is 9.53 Å². The van der Waals surface area contributed by atoms with Gasteiger partial charge in [-0.15, -0.1) is 0 Å². The highest BCUT2D eigenvalue weighted by Gasteiger charge is 2.71. The van der Waals surface area contributed by atoms with Crippen LogP contribution in [0.25, 0.3) is 5.57 Å². The van der Waals surface area contributed by atoms with Crippen LogP contribution in [0.3, 0.4) is 0 Å². The standard InChI is InChI=1S/C45H64N2O4/c1-29(2)30(3)33-15-20-45(40(50)46-23-24-47-25-27-51-28-26-47)22-21-43(7)35(38(33)45)13-14-37-42(6)18-16-34(31-9-11-32(12-10-31)39(48)49)41(4,5)36(42)17-19-44(37,43)8/h9-12,16,33,35-38H,1,3,13-15,17-28H2,2,4-8H3,(H,46,50)(H,48,49)/t33-,35+,36-,37+,38+,42-,43+,44+,45-/m0/s1. The molecule has 278 valence electrons. The van der Waals surface area contributed by atoms with Crippen LogP contribution in [0.1, 0.15) is 115 Å². The maximum absolute atomic E-state index is 14.6. The number of benzene rings is 1. The molecule has 7 rings (SSSR count). The van der Waals surface area contributed by atoms with Crippen molar-refractivity contribution in [2.24, 2.45) is 56.7 Å². The third-order valence-corrected chi connectivity index (χ3v) is 16.7. The average molecular weight is 697 g/mol. The second-order valence-electron chi connectivity index (χ2n) is 18.9. The van der Waals surface area contributed by atoms with E-state index >= 15 is 0 Å². The van der Waals surface area contributed by atoms with Gasteiger partial charge >= 0.3 is 5.97 Å². The monoisotopic (exact) mass is 696 g/mol. The Kier molecular flexibility index (Phi) is 9.35. The molecule has 1 aromatic rings. The minimum absolute atomic E-state index is 0.0202. The zero-order valence-corrected chi connectivity index (χ0v) is 32.4. The quantitative estimate of drug-likeness (QED) is 0.265. The molecule has 6 aliphatic rings. The summed E-state index contributed by atoms with van der Waals surface area (Å²) in [7, 11) is 0. The van der Waals surface area contributed by atoms with E-state index in [1.807, 2.05) is 12.1 Å². The molecule has 0 radical (unpaired) electrons. The Hall–Kier alpha value is -2.70. The maximum Gasteiger partial charge on any atom is 0.335 e. The summed E-state index contributed by atoms with van der Waals surface area (Å²) in [5, 5.41) is 13.0. The van der Waals surface area contributed by atoms with E-state index in [1.54, 1.807) is 12.1 Å². The van der Waals surface area contributed by atoms with Crippen LogP contribution in [0.5, 0.6) is 0 Å². The number of nitrogens with zero attached hydrogens (tertiary/aromatic N) is 1. The van der Waals surface area contributed by atoms with E-state index in [2.05, 4.69) is 71.0 Å². The number of amides is 1. The molecular weight excluding hydrogens is 633 g/mol. The number of carboxylic acids is 1. The largest absolute Gasteiger partial charge is 0.478 e. The molecule has 0 unspecified atom stereocenters. The molecule has 1 aromatic carbocycles. The molecule has 6 heteroatoms. The molecule has 0 bridgehead atoms. The van der Waals surface area contributed by atoms with Crippen molar-refractivity contribution < 1.29 is 19.4 Å². The minimum Gasteiger partial charge on any atom is -0.478 e. The highest BCUT2D eigenvalue weighted by Crippen LogP contribution is 2.77. The van der Waals surface area contributed by atoms with Crippen molar-refractivity contribution in [2.75, 3.05) is 39.4 Å². The van der Waals surface area contributed by atoms with E-state index in [0.717, 1.165) is 76.1 Å². The highest BCUT2D eigenvalue weighted by molar-refractivity contribution is 5.88. The number of morpholine rings is 1.